The van der Waals surface area contributed by atoms with E-state index in [9.17, 15) is 18.0 Å². The van der Waals surface area contributed by atoms with E-state index in [1.165, 1.54) is 0 Å². The van der Waals surface area contributed by atoms with Crippen LogP contribution in [0, 0.1) is 11.8 Å². The Labute approximate surface area is 201 Å². The number of ether oxygens (including phenoxy) is 2. The van der Waals surface area contributed by atoms with E-state index in [-0.39, 0.29) is 11.5 Å². The molecule has 3 fully saturated rings. The third-order valence-corrected chi connectivity index (χ3v) is 7.75. The summed E-state index contributed by atoms with van der Waals surface area (Å²) in [7, 11) is 0. The lowest BCUT2D eigenvalue weighted by atomic mass is 9.78. The number of thioether (sulfide) groups is 1. The smallest absolute Gasteiger partial charge is 0.490 e. The number of rotatable bonds is 5. The molecule has 1 unspecified atom stereocenters. The summed E-state index contributed by atoms with van der Waals surface area (Å²) in [5.74, 6) is 1.52. The van der Waals surface area contributed by atoms with Crippen LogP contribution in [0.4, 0.5) is 13.2 Å². The summed E-state index contributed by atoms with van der Waals surface area (Å²) in [6.45, 7) is 3.24. The maximum Gasteiger partial charge on any atom is 0.490 e. The Morgan fingerprint density at radius 3 is 2.50 bits per heavy atom. The van der Waals surface area contributed by atoms with Crippen LogP contribution in [0.5, 0.6) is 5.75 Å². The Morgan fingerprint density at radius 1 is 1.24 bits per heavy atom. The molecule has 4 heterocycles. The van der Waals surface area contributed by atoms with Crippen LogP contribution in [0.15, 0.2) is 24.5 Å². The van der Waals surface area contributed by atoms with Crippen molar-refractivity contribution in [1.29, 1.82) is 0 Å². The summed E-state index contributed by atoms with van der Waals surface area (Å²) in [5, 5.41) is 7.12. The molecule has 0 aliphatic carbocycles. The minimum absolute atomic E-state index is 0.0442. The van der Waals surface area contributed by atoms with Crippen molar-refractivity contribution in [3.05, 3.63) is 24.5 Å². The van der Waals surface area contributed by atoms with E-state index in [0.717, 1.165) is 75.5 Å². The first-order valence-corrected chi connectivity index (χ1v) is 12.7. The highest BCUT2D eigenvalue weighted by atomic mass is 32.2. The van der Waals surface area contributed by atoms with E-state index in [1.807, 2.05) is 23.9 Å². The summed E-state index contributed by atoms with van der Waals surface area (Å²) in [5.41, 5.74) is -0.0442. The van der Waals surface area contributed by atoms with E-state index in [2.05, 4.69) is 9.88 Å². The van der Waals surface area contributed by atoms with Gasteiger partial charge < -0.3 is 19.5 Å². The molecule has 0 saturated carbocycles. The van der Waals surface area contributed by atoms with Crippen molar-refractivity contribution in [3.63, 3.8) is 0 Å². The number of carboxylic acids is 1. The molecular formula is C23H31F3N2O5S. The molecule has 1 amide bonds. The fraction of sp³-hybridized carbons (Fsp3) is 0.696. The second-order valence-corrected chi connectivity index (χ2v) is 9.96. The van der Waals surface area contributed by atoms with E-state index < -0.39 is 12.1 Å². The second kappa shape index (κ2) is 12.1. The van der Waals surface area contributed by atoms with Crippen LogP contribution in [0.1, 0.15) is 38.5 Å². The minimum atomic E-state index is -5.08. The summed E-state index contributed by atoms with van der Waals surface area (Å²) in [6.07, 6.45) is 4.58. The molecule has 0 bridgehead atoms. The quantitative estimate of drug-likeness (QED) is 0.648. The fourth-order valence-electron chi connectivity index (χ4n) is 4.81. The SMILES string of the molecule is O=C(C1CCSCC1)N1CCC2(CC1)OCCC2CCOc1cccnc1.O=C(O)C(F)(F)F. The summed E-state index contributed by atoms with van der Waals surface area (Å²) in [4.78, 5) is 27.9. The van der Waals surface area contributed by atoms with Crippen LogP contribution in [-0.2, 0) is 14.3 Å². The van der Waals surface area contributed by atoms with Crippen LogP contribution in [0.25, 0.3) is 0 Å². The Hall–Kier alpha value is -2.01. The van der Waals surface area contributed by atoms with E-state index in [0.29, 0.717) is 18.4 Å². The molecule has 11 heteroatoms. The van der Waals surface area contributed by atoms with Gasteiger partial charge in [0.1, 0.15) is 5.75 Å². The van der Waals surface area contributed by atoms with E-state index in [4.69, 9.17) is 19.4 Å². The lowest BCUT2D eigenvalue weighted by Gasteiger charge is -2.43. The Kier molecular flexibility index (Phi) is 9.47. The van der Waals surface area contributed by atoms with Gasteiger partial charge in [-0.05, 0) is 68.1 Å². The van der Waals surface area contributed by atoms with Crippen molar-refractivity contribution >= 4 is 23.6 Å². The third-order valence-electron chi connectivity index (χ3n) is 6.70. The Balaban J connectivity index is 0.000000406. The summed E-state index contributed by atoms with van der Waals surface area (Å²) in [6, 6.07) is 3.84. The van der Waals surface area contributed by atoms with E-state index >= 15 is 0 Å². The molecule has 4 rings (SSSR count). The van der Waals surface area contributed by atoms with Crippen LogP contribution in [-0.4, -0.2) is 76.5 Å². The van der Waals surface area contributed by atoms with E-state index in [1.54, 1.807) is 12.4 Å². The van der Waals surface area contributed by atoms with Crippen LogP contribution in [0.2, 0.25) is 0 Å². The molecule has 1 atom stereocenters. The first kappa shape index (κ1) is 26.6. The standard InChI is InChI=1S/C21H30N2O3S.C2HF3O2/c24-20(17-5-14-27-15-6-17)23-10-7-21(8-11-23)18(4-13-26-21)3-12-25-19-2-1-9-22-16-19;3-2(4,5)1(6)7/h1-2,9,16-18H,3-8,10-15H2;(H,6,7). The van der Waals surface area contributed by atoms with Gasteiger partial charge in [-0.2, -0.15) is 24.9 Å². The van der Waals surface area contributed by atoms with Crippen molar-refractivity contribution in [2.75, 3.05) is 37.8 Å². The Bertz CT molecular complexity index is 798. The van der Waals surface area contributed by atoms with Gasteiger partial charge >= 0.3 is 12.1 Å². The number of likely N-dealkylation sites (tertiary alicyclic amines) is 1. The number of carbonyl (C=O) groups excluding carboxylic acids is 1. The number of pyridine rings is 1. The number of amides is 1. The first-order chi connectivity index (χ1) is 16.2. The molecule has 3 aliphatic heterocycles. The average molecular weight is 505 g/mol. The maximum atomic E-state index is 12.8. The lowest BCUT2D eigenvalue weighted by Crippen LogP contribution is -2.51. The lowest BCUT2D eigenvalue weighted by molar-refractivity contribution is -0.192. The molecular weight excluding hydrogens is 473 g/mol. The van der Waals surface area contributed by atoms with Crippen molar-refractivity contribution in [3.8, 4) is 5.75 Å². The second-order valence-electron chi connectivity index (χ2n) is 8.74. The van der Waals surface area contributed by atoms with Crippen LogP contribution < -0.4 is 4.74 Å². The number of aromatic nitrogens is 1. The number of nitrogens with zero attached hydrogens (tertiary/aromatic N) is 2. The number of halogens is 3. The normalized spacial score (nSPS) is 22.7. The molecule has 1 aromatic heterocycles. The number of alkyl halides is 3. The monoisotopic (exact) mass is 504 g/mol. The highest BCUT2D eigenvalue weighted by Gasteiger charge is 2.47. The highest BCUT2D eigenvalue weighted by molar-refractivity contribution is 7.99. The molecule has 34 heavy (non-hydrogen) atoms. The largest absolute Gasteiger partial charge is 0.492 e. The van der Waals surface area contributed by atoms with Gasteiger partial charge in [0.15, 0.2) is 0 Å². The number of hydrogen-bond donors (Lipinski definition) is 1. The average Bonchev–Trinajstić information content (AvgIpc) is 3.22. The van der Waals surface area contributed by atoms with Crippen LogP contribution >= 0.6 is 11.8 Å². The number of carbonyl (C=O) groups is 2. The molecule has 0 radical (unpaired) electrons. The summed E-state index contributed by atoms with van der Waals surface area (Å²) >= 11 is 1.98. The maximum absolute atomic E-state index is 12.8. The Morgan fingerprint density at radius 2 is 1.91 bits per heavy atom. The fourth-order valence-corrected chi connectivity index (χ4v) is 5.91. The van der Waals surface area contributed by atoms with Crippen molar-refractivity contribution in [2.45, 2.75) is 50.3 Å². The van der Waals surface area contributed by atoms with Gasteiger partial charge in [0, 0.05) is 31.8 Å². The number of piperidine rings is 1. The van der Waals surface area contributed by atoms with Gasteiger partial charge in [-0.15, -0.1) is 0 Å². The van der Waals surface area contributed by atoms with Gasteiger partial charge in [-0.3, -0.25) is 9.78 Å². The topological polar surface area (TPSA) is 89.0 Å². The predicted octanol–water partition coefficient (Wildman–Crippen LogP) is 4.02. The molecule has 7 nitrogen and oxygen atoms in total. The van der Waals surface area contributed by atoms with Crippen molar-refractivity contribution in [2.24, 2.45) is 11.8 Å². The molecule has 190 valence electrons. The van der Waals surface area contributed by atoms with Gasteiger partial charge in [0.05, 0.1) is 18.4 Å². The van der Waals surface area contributed by atoms with Crippen LogP contribution in [0.3, 0.4) is 0 Å². The first-order valence-electron chi connectivity index (χ1n) is 11.5. The van der Waals surface area contributed by atoms with Gasteiger partial charge in [0.25, 0.3) is 0 Å². The third kappa shape index (κ3) is 7.24. The molecule has 0 aromatic carbocycles. The predicted molar refractivity (Wildman–Crippen MR) is 121 cm³/mol. The highest BCUT2D eigenvalue weighted by Crippen LogP contribution is 2.42. The molecule has 3 saturated heterocycles. The van der Waals surface area contributed by atoms with Crippen molar-refractivity contribution in [1.82, 2.24) is 9.88 Å². The number of hydrogen-bond acceptors (Lipinski definition) is 6. The molecule has 1 spiro atoms. The molecule has 1 N–H and O–H groups in total. The van der Waals surface area contributed by atoms with Gasteiger partial charge in [0.2, 0.25) is 5.91 Å². The van der Waals surface area contributed by atoms with Gasteiger partial charge in [-0.25, -0.2) is 4.79 Å². The zero-order valence-electron chi connectivity index (χ0n) is 19.0. The zero-order chi connectivity index (χ0) is 24.6. The zero-order valence-corrected chi connectivity index (χ0v) is 19.8. The molecule has 1 aromatic rings. The number of carboxylic acid groups (broad SMARTS) is 1. The number of aliphatic carboxylic acids is 1. The minimum Gasteiger partial charge on any atom is -0.492 e. The summed E-state index contributed by atoms with van der Waals surface area (Å²) < 4.78 is 43.9. The van der Waals surface area contributed by atoms with Gasteiger partial charge in [-0.1, -0.05) is 0 Å². The van der Waals surface area contributed by atoms with Crippen molar-refractivity contribution < 1.29 is 37.3 Å². The molecule has 3 aliphatic rings.